The van der Waals surface area contributed by atoms with E-state index in [0.29, 0.717) is 17.7 Å². The summed E-state index contributed by atoms with van der Waals surface area (Å²) in [5, 5.41) is 0. The number of imide groups is 1. The van der Waals surface area contributed by atoms with Crippen molar-refractivity contribution in [3.05, 3.63) is 47.0 Å². The number of benzene rings is 1. The van der Waals surface area contributed by atoms with Gasteiger partial charge in [-0.3, -0.25) is 14.5 Å². The zero-order valence-corrected chi connectivity index (χ0v) is 10.2. The van der Waals surface area contributed by atoms with E-state index in [0.717, 1.165) is 19.3 Å². The van der Waals surface area contributed by atoms with Crippen LogP contribution in [0.3, 0.4) is 0 Å². The Balaban J connectivity index is 1.75. The normalized spacial score (nSPS) is 18.2. The third-order valence-electron chi connectivity index (χ3n) is 3.67. The lowest BCUT2D eigenvalue weighted by Crippen LogP contribution is -2.30. The maximum atomic E-state index is 12.1. The van der Waals surface area contributed by atoms with Gasteiger partial charge in [-0.25, -0.2) is 0 Å². The minimum Gasteiger partial charge on any atom is -0.274 e. The van der Waals surface area contributed by atoms with Gasteiger partial charge in [0, 0.05) is 6.54 Å². The van der Waals surface area contributed by atoms with E-state index < -0.39 is 0 Å². The predicted octanol–water partition coefficient (Wildman–Crippen LogP) is 2.78. The Morgan fingerprint density at radius 1 is 1.06 bits per heavy atom. The molecule has 0 unspecified atom stereocenters. The molecule has 2 amide bonds. The van der Waals surface area contributed by atoms with Crippen LogP contribution < -0.4 is 0 Å². The van der Waals surface area contributed by atoms with Crippen LogP contribution in [0.2, 0.25) is 0 Å². The summed E-state index contributed by atoms with van der Waals surface area (Å²) in [5.41, 5.74) is 2.47. The number of hydrogen-bond donors (Lipinski definition) is 0. The fourth-order valence-corrected chi connectivity index (χ4v) is 2.66. The largest absolute Gasteiger partial charge is 0.274 e. The second-order valence-corrected chi connectivity index (χ2v) is 4.81. The molecule has 0 radical (unpaired) electrons. The SMILES string of the molecule is O=C1c2ccccc2C(=O)N1CCC1=CCCC1. The number of nitrogens with zero attached hydrogens (tertiary/aromatic N) is 1. The predicted molar refractivity (Wildman–Crippen MR) is 68.4 cm³/mol. The van der Waals surface area contributed by atoms with E-state index in [1.54, 1.807) is 24.3 Å². The van der Waals surface area contributed by atoms with Gasteiger partial charge < -0.3 is 0 Å². The van der Waals surface area contributed by atoms with Crippen LogP contribution in [-0.2, 0) is 0 Å². The summed E-state index contributed by atoms with van der Waals surface area (Å²) in [6.45, 7) is 0.512. The van der Waals surface area contributed by atoms with E-state index in [-0.39, 0.29) is 11.8 Å². The van der Waals surface area contributed by atoms with Crippen molar-refractivity contribution >= 4 is 11.8 Å². The zero-order valence-electron chi connectivity index (χ0n) is 10.2. The highest BCUT2D eigenvalue weighted by molar-refractivity contribution is 6.21. The Bertz CT molecular complexity index is 510. The van der Waals surface area contributed by atoms with Crippen molar-refractivity contribution in [3.63, 3.8) is 0 Å². The zero-order chi connectivity index (χ0) is 12.5. The van der Waals surface area contributed by atoms with Crippen molar-refractivity contribution < 1.29 is 9.59 Å². The van der Waals surface area contributed by atoms with Gasteiger partial charge in [-0.2, -0.15) is 0 Å². The average molecular weight is 241 g/mol. The summed E-state index contributed by atoms with van der Waals surface area (Å²) in [5.74, 6) is -0.289. The molecule has 1 heterocycles. The minimum absolute atomic E-state index is 0.144. The van der Waals surface area contributed by atoms with Crippen LogP contribution in [0.1, 0.15) is 46.4 Å². The van der Waals surface area contributed by atoms with Crippen LogP contribution in [0.4, 0.5) is 0 Å². The minimum atomic E-state index is -0.144. The molecule has 0 atom stereocenters. The van der Waals surface area contributed by atoms with Crippen molar-refractivity contribution in [3.8, 4) is 0 Å². The number of allylic oxidation sites excluding steroid dienone is 1. The van der Waals surface area contributed by atoms with E-state index in [9.17, 15) is 9.59 Å². The van der Waals surface area contributed by atoms with Crippen molar-refractivity contribution in [1.29, 1.82) is 0 Å². The van der Waals surface area contributed by atoms with Crippen LogP contribution in [0.25, 0.3) is 0 Å². The Morgan fingerprint density at radius 2 is 1.72 bits per heavy atom. The molecule has 0 spiro atoms. The van der Waals surface area contributed by atoms with Crippen molar-refractivity contribution in [1.82, 2.24) is 4.90 Å². The van der Waals surface area contributed by atoms with E-state index in [2.05, 4.69) is 6.08 Å². The summed E-state index contributed by atoms with van der Waals surface area (Å²) in [7, 11) is 0. The molecule has 1 aliphatic carbocycles. The molecule has 0 N–H and O–H groups in total. The molecule has 1 aromatic rings. The Morgan fingerprint density at radius 3 is 2.28 bits per heavy atom. The Labute approximate surface area is 106 Å². The molecule has 0 fully saturated rings. The fraction of sp³-hybridized carbons (Fsp3) is 0.333. The fourth-order valence-electron chi connectivity index (χ4n) is 2.66. The number of hydrogen-bond acceptors (Lipinski definition) is 2. The van der Waals surface area contributed by atoms with Crippen LogP contribution in [-0.4, -0.2) is 23.3 Å². The number of carbonyl (C=O) groups excluding carboxylic acids is 2. The molecule has 18 heavy (non-hydrogen) atoms. The molecule has 3 nitrogen and oxygen atoms in total. The molecule has 0 bridgehead atoms. The number of rotatable bonds is 3. The van der Waals surface area contributed by atoms with Gasteiger partial charge in [0.2, 0.25) is 0 Å². The highest BCUT2D eigenvalue weighted by atomic mass is 16.2. The Hall–Kier alpha value is -1.90. The summed E-state index contributed by atoms with van der Waals surface area (Å²) in [6, 6.07) is 7.05. The molecule has 0 saturated carbocycles. The van der Waals surface area contributed by atoms with Crippen molar-refractivity contribution in [2.75, 3.05) is 6.54 Å². The third kappa shape index (κ3) is 1.76. The topological polar surface area (TPSA) is 37.4 Å². The number of carbonyl (C=O) groups is 2. The van der Waals surface area contributed by atoms with E-state index >= 15 is 0 Å². The van der Waals surface area contributed by atoms with Crippen molar-refractivity contribution in [2.45, 2.75) is 25.7 Å². The first-order valence-corrected chi connectivity index (χ1v) is 6.40. The molecular formula is C15H15NO2. The molecule has 0 aromatic heterocycles. The molecule has 3 heteroatoms. The molecular weight excluding hydrogens is 226 g/mol. The molecule has 2 aliphatic rings. The maximum Gasteiger partial charge on any atom is 0.261 e. The lowest BCUT2D eigenvalue weighted by Gasteiger charge is -2.13. The van der Waals surface area contributed by atoms with E-state index in [1.807, 2.05) is 0 Å². The van der Waals surface area contributed by atoms with Gasteiger partial charge in [0.1, 0.15) is 0 Å². The van der Waals surface area contributed by atoms with Gasteiger partial charge in [0.05, 0.1) is 11.1 Å². The highest BCUT2D eigenvalue weighted by Gasteiger charge is 2.34. The molecule has 1 aliphatic heterocycles. The van der Waals surface area contributed by atoms with Crippen molar-refractivity contribution in [2.24, 2.45) is 0 Å². The van der Waals surface area contributed by atoms with Gasteiger partial charge in [-0.15, -0.1) is 0 Å². The van der Waals surface area contributed by atoms with Gasteiger partial charge in [-0.05, 0) is 37.8 Å². The Kier molecular flexibility index (Phi) is 2.74. The van der Waals surface area contributed by atoms with Crippen LogP contribution >= 0.6 is 0 Å². The van der Waals surface area contributed by atoms with Crippen LogP contribution in [0.15, 0.2) is 35.9 Å². The summed E-state index contributed by atoms with van der Waals surface area (Å²) in [4.78, 5) is 25.6. The van der Waals surface area contributed by atoms with Gasteiger partial charge >= 0.3 is 0 Å². The lowest BCUT2D eigenvalue weighted by molar-refractivity contribution is 0.0656. The second-order valence-electron chi connectivity index (χ2n) is 4.81. The molecule has 0 saturated heterocycles. The van der Waals surface area contributed by atoms with Gasteiger partial charge in [-0.1, -0.05) is 23.8 Å². The number of amides is 2. The average Bonchev–Trinajstić information content (AvgIpc) is 2.98. The van der Waals surface area contributed by atoms with Gasteiger partial charge in [0.25, 0.3) is 11.8 Å². The van der Waals surface area contributed by atoms with Crippen LogP contribution in [0, 0.1) is 0 Å². The highest BCUT2D eigenvalue weighted by Crippen LogP contribution is 2.25. The first-order chi connectivity index (χ1) is 8.77. The standard InChI is InChI=1S/C15H15NO2/c17-14-12-7-3-4-8-13(12)15(18)16(14)10-9-11-5-1-2-6-11/h3-5,7-8H,1-2,6,9-10H2. The summed E-state index contributed by atoms with van der Waals surface area (Å²) < 4.78 is 0. The second kappa shape index (κ2) is 4.41. The smallest absolute Gasteiger partial charge is 0.261 e. The lowest BCUT2D eigenvalue weighted by atomic mass is 10.1. The summed E-state index contributed by atoms with van der Waals surface area (Å²) >= 11 is 0. The molecule has 3 rings (SSSR count). The maximum absolute atomic E-state index is 12.1. The molecule has 92 valence electrons. The third-order valence-corrected chi connectivity index (χ3v) is 3.67. The number of fused-ring (bicyclic) bond motifs is 1. The quantitative estimate of drug-likeness (QED) is 0.602. The summed E-state index contributed by atoms with van der Waals surface area (Å²) in [6.07, 6.45) is 6.52. The van der Waals surface area contributed by atoms with Crippen LogP contribution in [0.5, 0.6) is 0 Å². The monoisotopic (exact) mass is 241 g/mol. The first kappa shape index (κ1) is 11.2. The first-order valence-electron chi connectivity index (χ1n) is 6.40. The van der Waals surface area contributed by atoms with E-state index in [4.69, 9.17) is 0 Å². The van der Waals surface area contributed by atoms with Gasteiger partial charge in [0.15, 0.2) is 0 Å². The van der Waals surface area contributed by atoms with E-state index in [1.165, 1.54) is 16.9 Å². The molecule has 1 aromatic carbocycles.